The first-order chi connectivity index (χ1) is 15.8. The van der Waals surface area contributed by atoms with Crippen LogP contribution in [0.4, 0.5) is 5.69 Å². The summed E-state index contributed by atoms with van der Waals surface area (Å²) in [6.45, 7) is 1.79. The number of sulfonamides is 1. The predicted octanol–water partition coefficient (Wildman–Crippen LogP) is 4.65. The van der Waals surface area contributed by atoms with E-state index in [-0.39, 0.29) is 22.7 Å². The molecular weight excluding hydrogens is 440 g/mol. The molecule has 0 aliphatic carbocycles. The lowest BCUT2D eigenvalue weighted by Crippen LogP contribution is -2.32. The number of carboxylic acids is 1. The maximum Gasteiger partial charge on any atom is 0.339 e. The number of nitrogens with zero attached hydrogens (tertiary/aromatic N) is 2. The molecule has 0 bridgehead atoms. The smallest absolute Gasteiger partial charge is 0.339 e. The first-order valence-corrected chi connectivity index (χ1v) is 11.6. The van der Waals surface area contributed by atoms with Gasteiger partial charge in [0.25, 0.3) is 10.0 Å². The van der Waals surface area contributed by atoms with E-state index >= 15 is 0 Å². The third-order valence-electron chi connectivity index (χ3n) is 5.37. The van der Waals surface area contributed by atoms with Crippen LogP contribution >= 0.6 is 0 Å². The monoisotopic (exact) mass is 462 g/mol. The summed E-state index contributed by atoms with van der Waals surface area (Å²) in [5.41, 5.74) is 1.95. The summed E-state index contributed by atoms with van der Waals surface area (Å²) in [5.74, 6) is -0.747. The number of pyridine rings is 1. The number of fused-ring (bicyclic) bond motifs is 1. The molecule has 33 heavy (non-hydrogen) atoms. The number of hydrogen-bond donors (Lipinski definition) is 1. The van der Waals surface area contributed by atoms with Gasteiger partial charge in [-0.3, -0.25) is 9.29 Å². The Labute approximate surface area is 191 Å². The number of ether oxygens (including phenoxy) is 1. The lowest BCUT2D eigenvalue weighted by Gasteiger charge is -2.27. The predicted molar refractivity (Wildman–Crippen MR) is 126 cm³/mol. The molecule has 0 radical (unpaired) electrons. The standard InChI is InChI=1S/C25H22N2O5S/c1-17-7-6-10-21-23(17)26-15-22(25(28)29)24(21)27(16-18-8-4-3-5-9-18)33(30,31)20-13-11-19(32-2)12-14-20/h3-15H,16H2,1-2H3,(H,28,29). The molecule has 0 saturated heterocycles. The molecule has 4 aromatic rings. The molecule has 0 atom stereocenters. The molecule has 3 aromatic carbocycles. The van der Waals surface area contributed by atoms with Gasteiger partial charge in [0.15, 0.2) is 0 Å². The van der Waals surface area contributed by atoms with E-state index < -0.39 is 16.0 Å². The number of anilines is 1. The van der Waals surface area contributed by atoms with Crippen molar-refractivity contribution in [3.63, 3.8) is 0 Å². The molecule has 0 fully saturated rings. The zero-order valence-corrected chi connectivity index (χ0v) is 18.9. The van der Waals surface area contributed by atoms with Crippen LogP contribution in [-0.4, -0.2) is 31.6 Å². The third kappa shape index (κ3) is 4.25. The Bertz CT molecular complexity index is 1420. The lowest BCUT2D eigenvalue weighted by atomic mass is 10.1. The Hall–Kier alpha value is -3.91. The van der Waals surface area contributed by atoms with Crippen LogP contribution in [0.3, 0.4) is 0 Å². The fourth-order valence-electron chi connectivity index (χ4n) is 3.69. The summed E-state index contributed by atoms with van der Waals surface area (Å²) >= 11 is 0. The second kappa shape index (κ2) is 8.91. The van der Waals surface area contributed by atoms with Gasteiger partial charge in [0.05, 0.1) is 29.8 Å². The second-order valence-electron chi connectivity index (χ2n) is 7.47. The molecule has 0 aliphatic heterocycles. The second-order valence-corrected chi connectivity index (χ2v) is 9.33. The van der Waals surface area contributed by atoms with Crippen LogP contribution in [0.2, 0.25) is 0 Å². The Morgan fingerprint density at radius 3 is 2.33 bits per heavy atom. The number of methoxy groups -OCH3 is 1. The van der Waals surface area contributed by atoms with Gasteiger partial charge in [-0.25, -0.2) is 13.2 Å². The number of rotatable bonds is 7. The number of hydrogen-bond acceptors (Lipinski definition) is 5. The van der Waals surface area contributed by atoms with Crippen molar-refractivity contribution in [3.05, 3.63) is 95.7 Å². The first-order valence-electron chi connectivity index (χ1n) is 10.2. The van der Waals surface area contributed by atoms with E-state index in [4.69, 9.17) is 4.74 Å². The molecule has 168 valence electrons. The first kappa shape index (κ1) is 22.3. The van der Waals surface area contributed by atoms with E-state index in [1.165, 1.54) is 25.4 Å². The number of aromatic nitrogens is 1. The van der Waals surface area contributed by atoms with Crippen LogP contribution in [0.25, 0.3) is 10.9 Å². The van der Waals surface area contributed by atoms with Gasteiger partial charge < -0.3 is 9.84 Å². The fraction of sp³-hybridized carbons (Fsp3) is 0.120. The highest BCUT2D eigenvalue weighted by atomic mass is 32.2. The number of benzene rings is 3. The largest absolute Gasteiger partial charge is 0.497 e. The van der Waals surface area contributed by atoms with Crippen LogP contribution in [0, 0.1) is 6.92 Å². The van der Waals surface area contributed by atoms with E-state index in [2.05, 4.69) is 4.98 Å². The summed E-state index contributed by atoms with van der Waals surface area (Å²) < 4.78 is 34.1. The molecule has 0 spiro atoms. The number of carboxylic acid groups (broad SMARTS) is 1. The highest BCUT2D eigenvalue weighted by Crippen LogP contribution is 2.36. The van der Waals surface area contributed by atoms with Crippen LogP contribution in [0.5, 0.6) is 5.75 Å². The van der Waals surface area contributed by atoms with Crippen LogP contribution in [0.1, 0.15) is 21.5 Å². The van der Waals surface area contributed by atoms with E-state index in [1.807, 2.05) is 19.1 Å². The van der Waals surface area contributed by atoms with Gasteiger partial charge in [0.1, 0.15) is 11.3 Å². The highest BCUT2D eigenvalue weighted by molar-refractivity contribution is 7.92. The van der Waals surface area contributed by atoms with Crippen molar-refractivity contribution >= 4 is 32.6 Å². The van der Waals surface area contributed by atoms with Crippen LogP contribution in [0.15, 0.2) is 83.9 Å². The van der Waals surface area contributed by atoms with E-state index in [0.29, 0.717) is 22.2 Å². The average molecular weight is 463 g/mol. The lowest BCUT2D eigenvalue weighted by molar-refractivity contribution is 0.0697. The normalized spacial score (nSPS) is 11.3. The molecule has 1 N–H and O–H groups in total. The van der Waals surface area contributed by atoms with Gasteiger partial charge in [-0.1, -0.05) is 48.5 Å². The minimum absolute atomic E-state index is 0.0215. The van der Waals surface area contributed by atoms with E-state index in [1.54, 1.807) is 48.5 Å². The quantitative estimate of drug-likeness (QED) is 0.430. The average Bonchev–Trinajstić information content (AvgIpc) is 2.83. The Morgan fingerprint density at radius 2 is 1.70 bits per heavy atom. The SMILES string of the molecule is COc1ccc(S(=O)(=O)N(Cc2ccccc2)c2c(C(=O)O)cnc3c(C)cccc23)cc1. The number of para-hydroxylation sites is 1. The molecule has 8 heteroatoms. The summed E-state index contributed by atoms with van der Waals surface area (Å²) in [7, 11) is -2.66. The molecule has 4 rings (SSSR count). The van der Waals surface area contributed by atoms with E-state index in [0.717, 1.165) is 9.87 Å². The molecule has 1 aromatic heterocycles. The molecule has 1 heterocycles. The van der Waals surface area contributed by atoms with Crippen molar-refractivity contribution in [1.82, 2.24) is 4.98 Å². The molecule has 7 nitrogen and oxygen atoms in total. The van der Waals surface area contributed by atoms with Crippen molar-refractivity contribution < 1.29 is 23.1 Å². The van der Waals surface area contributed by atoms with Crippen molar-refractivity contribution in [3.8, 4) is 5.75 Å². The van der Waals surface area contributed by atoms with Crippen LogP contribution in [-0.2, 0) is 16.6 Å². The molecule has 0 saturated carbocycles. The zero-order chi connectivity index (χ0) is 23.6. The highest BCUT2D eigenvalue weighted by Gasteiger charge is 2.31. The number of aryl methyl sites for hydroxylation is 1. The van der Waals surface area contributed by atoms with Crippen molar-refractivity contribution in [2.75, 3.05) is 11.4 Å². The topological polar surface area (TPSA) is 96.8 Å². The van der Waals surface area contributed by atoms with Crippen molar-refractivity contribution in [1.29, 1.82) is 0 Å². The zero-order valence-electron chi connectivity index (χ0n) is 18.1. The van der Waals surface area contributed by atoms with Gasteiger partial charge in [-0.05, 0) is 42.3 Å². The molecule has 0 aliphatic rings. The third-order valence-corrected chi connectivity index (χ3v) is 7.13. The minimum atomic E-state index is -4.15. The van der Waals surface area contributed by atoms with Crippen LogP contribution < -0.4 is 9.04 Å². The van der Waals surface area contributed by atoms with Gasteiger partial charge in [0, 0.05) is 11.6 Å². The summed E-state index contributed by atoms with van der Waals surface area (Å²) in [4.78, 5) is 16.5. The molecular formula is C25H22N2O5S. The van der Waals surface area contributed by atoms with Crippen molar-refractivity contribution in [2.24, 2.45) is 0 Å². The number of carbonyl (C=O) groups is 1. The maximum absolute atomic E-state index is 13.9. The van der Waals surface area contributed by atoms with E-state index in [9.17, 15) is 18.3 Å². The Balaban J connectivity index is 2.01. The molecule has 0 amide bonds. The Morgan fingerprint density at radius 1 is 1.00 bits per heavy atom. The maximum atomic E-state index is 13.9. The van der Waals surface area contributed by atoms with Crippen molar-refractivity contribution in [2.45, 2.75) is 18.4 Å². The van der Waals surface area contributed by atoms with Gasteiger partial charge in [0.2, 0.25) is 0 Å². The van der Waals surface area contributed by atoms with Gasteiger partial charge in [-0.2, -0.15) is 0 Å². The fourth-order valence-corrected chi connectivity index (χ4v) is 5.18. The summed E-state index contributed by atoms with van der Waals surface area (Å²) in [5, 5.41) is 10.4. The Kier molecular flexibility index (Phi) is 6.02. The minimum Gasteiger partial charge on any atom is -0.497 e. The molecule has 0 unspecified atom stereocenters. The van der Waals surface area contributed by atoms with Gasteiger partial charge >= 0.3 is 5.97 Å². The summed E-state index contributed by atoms with van der Waals surface area (Å²) in [6, 6.07) is 20.3. The summed E-state index contributed by atoms with van der Waals surface area (Å²) in [6.07, 6.45) is 1.22. The number of aromatic carboxylic acids is 1. The van der Waals surface area contributed by atoms with Gasteiger partial charge in [-0.15, -0.1) is 0 Å².